The summed E-state index contributed by atoms with van der Waals surface area (Å²) in [6.45, 7) is 4.85. The molecule has 0 aromatic rings. The second kappa shape index (κ2) is 5.58. The van der Waals surface area contributed by atoms with Gasteiger partial charge in [-0.25, -0.2) is 0 Å². The lowest BCUT2D eigenvalue weighted by Crippen LogP contribution is -2.53. The summed E-state index contributed by atoms with van der Waals surface area (Å²) >= 11 is 0. The van der Waals surface area contributed by atoms with Crippen LogP contribution >= 0.6 is 0 Å². The maximum Gasteiger partial charge on any atom is 0.0710 e. The van der Waals surface area contributed by atoms with Gasteiger partial charge < -0.3 is 10.1 Å². The normalized spacial score (nSPS) is 38.4. The van der Waals surface area contributed by atoms with Gasteiger partial charge in [0.2, 0.25) is 0 Å². The van der Waals surface area contributed by atoms with Gasteiger partial charge in [0.05, 0.1) is 11.7 Å². The van der Waals surface area contributed by atoms with E-state index < -0.39 is 0 Å². The van der Waals surface area contributed by atoms with Crippen molar-refractivity contribution in [1.29, 1.82) is 0 Å². The molecule has 0 amide bonds. The van der Waals surface area contributed by atoms with Gasteiger partial charge in [0.25, 0.3) is 0 Å². The molecule has 0 aromatic heterocycles. The van der Waals surface area contributed by atoms with Crippen LogP contribution < -0.4 is 5.32 Å². The van der Waals surface area contributed by atoms with E-state index in [1.807, 2.05) is 0 Å². The van der Waals surface area contributed by atoms with Gasteiger partial charge in [-0.1, -0.05) is 19.3 Å². The summed E-state index contributed by atoms with van der Waals surface area (Å²) in [4.78, 5) is 2.67. The minimum absolute atomic E-state index is 0.298. The highest BCUT2D eigenvalue weighted by molar-refractivity contribution is 4.94. The Kier molecular flexibility index (Phi) is 3.78. The maximum absolute atomic E-state index is 6.54. The fraction of sp³-hybridized carbons (Fsp3) is 1.00. The summed E-state index contributed by atoms with van der Waals surface area (Å²) in [5.74, 6) is 0.979. The third-order valence-electron chi connectivity index (χ3n) is 6.05. The Bertz CT molecular complexity index is 336. The van der Waals surface area contributed by atoms with Crippen LogP contribution in [0.15, 0.2) is 0 Å². The van der Waals surface area contributed by atoms with E-state index in [-0.39, 0.29) is 0 Å². The third kappa shape index (κ3) is 2.90. The van der Waals surface area contributed by atoms with E-state index in [0.29, 0.717) is 11.7 Å². The average molecular weight is 278 g/mol. The molecule has 20 heavy (non-hydrogen) atoms. The molecule has 4 fully saturated rings. The van der Waals surface area contributed by atoms with Crippen LogP contribution in [-0.2, 0) is 4.74 Å². The first-order valence-corrected chi connectivity index (χ1v) is 8.97. The van der Waals surface area contributed by atoms with Crippen molar-refractivity contribution in [3.05, 3.63) is 0 Å². The van der Waals surface area contributed by atoms with E-state index in [1.54, 1.807) is 0 Å². The van der Waals surface area contributed by atoms with E-state index in [2.05, 4.69) is 10.2 Å². The van der Waals surface area contributed by atoms with Crippen LogP contribution in [0.5, 0.6) is 0 Å². The number of rotatable bonds is 3. The van der Waals surface area contributed by atoms with Crippen molar-refractivity contribution >= 4 is 0 Å². The minimum Gasteiger partial charge on any atom is -0.370 e. The van der Waals surface area contributed by atoms with Gasteiger partial charge in [-0.3, -0.25) is 4.90 Å². The lowest BCUT2D eigenvalue weighted by Gasteiger charge is -2.37. The summed E-state index contributed by atoms with van der Waals surface area (Å²) < 4.78 is 6.54. The lowest BCUT2D eigenvalue weighted by molar-refractivity contribution is -0.0734. The molecule has 1 N–H and O–H groups in total. The van der Waals surface area contributed by atoms with Crippen molar-refractivity contribution in [3.8, 4) is 0 Å². The standard InChI is InChI=1S/C17H30N2O/c1-2-7-17(8-3-1)9-6-15(20-17)12-19-11-10-18-16(13-19)14-4-5-14/h14-16,18H,1-13H2. The van der Waals surface area contributed by atoms with Crippen molar-refractivity contribution in [1.82, 2.24) is 10.2 Å². The van der Waals surface area contributed by atoms with Crippen molar-refractivity contribution in [2.75, 3.05) is 26.2 Å². The Labute approximate surface area is 123 Å². The Hall–Kier alpha value is -0.120. The molecule has 114 valence electrons. The Morgan fingerprint density at radius 3 is 2.70 bits per heavy atom. The van der Waals surface area contributed by atoms with Crippen molar-refractivity contribution in [2.45, 2.75) is 75.5 Å². The molecule has 2 saturated carbocycles. The molecular formula is C17H30N2O. The zero-order valence-corrected chi connectivity index (χ0v) is 12.8. The molecular weight excluding hydrogens is 248 g/mol. The van der Waals surface area contributed by atoms with Crippen LogP contribution in [-0.4, -0.2) is 48.8 Å². The molecule has 2 unspecified atom stereocenters. The number of nitrogens with one attached hydrogen (secondary N) is 1. The highest BCUT2D eigenvalue weighted by atomic mass is 16.5. The fourth-order valence-corrected chi connectivity index (χ4v) is 4.70. The molecule has 2 saturated heterocycles. The van der Waals surface area contributed by atoms with Gasteiger partial charge in [0.1, 0.15) is 0 Å². The number of nitrogens with zero attached hydrogens (tertiary/aromatic N) is 1. The van der Waals surface area contributed by atoms with Crippen molar-refractivity contribution in [2.24, 2.45) is 5.92 Å². The largest absolute Gasteiger partial charge is 0.370 e. The number of hydrogen-bond donors (Lipinski definition) is 1. The third-order valence-corrected chi connectivity index (χ3v) is 6.05. The average Bonchev–Trinajstić information content (AvgIpc) is 3.26. The zero-order chi connectivity index (χ0) is 13.4. The SMILES string of the molecule is C1CCC2(CC1)CCC(CN1CCNC(C3CC3)C1)O2. The summed E-state index contributed by atoms with van der Waals surface area (Å²) in [6.07, 6.45) is 12.9. The summed E-state index contributed by atoms with van der Waals surface area (Å²) in [5.41, 5.74) is 0.298. The van der Waals surface area contributed by atoms with E-state index >= 15 is 0 Å². The molecule has 3 nitrogen and oxygen atoms in total. The molecule has 2 aliphatic heterocycles. The van der Waals surface area contributed by atoms with Crippen molar-refractivity contribution < 1.29 is 4.74 Å². The molecule has 2 atom stereocenters. The van der Waals surface area contributed by atoms with Gasteiger partial charge in [-0.2, -0.15) is 0 Å². The van der Waals surface area contributed by atoms with Gasteiger partial charge in [0.15, 0.2) is 0 Å². The first kappa shape index (κ1) is 13.5. The Morgan fingerprint density at radius 1 is 1.05 bits per heavy atom. The van der Waals surface area contributed by atoms with E-state index in [4.69, 9.17) is 4.74 Å². The lowest BCUT2D eigenvalue weighted by atomic mass is 9.83. The minimum atomic E-state index is 0.298. The number of hydrogen-bond acceptors (Lipinski definition) is 3. The molecule has 0 aromatic carbocycles. The molecule has 0 radical (unpaired) electrons. The van der Waals surface area contributed by atoms with Gasteiger partial charge in [-0.05, 0) is 44.4 Å². The van der Waals surface area contributed by atoms with Crippen LogP contribution in [0.3, 0.4) is 0 Å². The molecule has 2 aliphatic carbocycles. The van der Waals surface area contributed by atoms with Gasteiger partial charge in [0, 0.05) is 32.2 Å². The second-order valence-electron chi connectivity index (χ2n) is 7.68. The fourth-order valence-electron chi connectivity index (χ4n) is 4.70. The molecule has 4 aliphatic rings. The molecule has 2 heterocycles. The molecule has 1 spiro atoms. The quantitative estimate of drug-likeness (QED) is 0.858. The topological polar surface area (TPSA) is 24.5 Å². The smallest absolute Gasteiger partial charge is 0.0710 e. The Balaban J connectivity index is 1.28. The molecule has 3 heteroatoms. The van der Waals surface area contributed by atoms with E-state index in [0.717, 1.165) is 12.0 Å². The van der Waals surface area contributed by atoms with Crippen molar-refractivity contribution in [3.63, 3.8) is 0 Å². The van der Waals surface area contributed by atoms with Crippen LogP contribution in [0.4, 0.5) is 0 Å². The zero-order valence-electron chi connectivity index (χ0n) is 12.8. The van der Waals surface area contributed by atoms with Crippen LogP contribution in [0.2, 0.25) is 0 Å². The predicted molar refractivity (Wildman–Crippen MR) is 80.9 cm³/mol. The predicted octanol–water partition coefficient (Wildman–Crippen LogP) is 2.55. The van der Waals surface area contributed by atoms with Crippen LogP contribution in [0, 0.1) is 5.92 Å². The number of piperazine rings is 1. The summed E-state index contributed by atoms with van der Waals surface area (Å²) in [6, 6.07) is 0.772. The highest BCUT2D eigenvalue weighted by Gasteiger charge is 2.42. The number of ether oxygens (including phenoxy) is 1. The van der Waals surface area contributed by atoms with E-state index in [9.17, 15) is 0 Å². The second-order valence-corrected chi connectivity index (χ2v) is 7.68. The first-order chi connectivity index (χ1) is 9.83. The van der Waals surface area contributed by atoms with E-state index in [1.165, 1.54) is 84.0 Å². The van der Waals surface area contributed by atoms with Gasteiger partial charge in [-0.15, -0.1) is 0 Å². The Morgan fingerprint density at radius 2 is 1.90 bits per heavy atom. The maximum atomic E-state index is 6.54. The molecule has 0 bridgehead atoms. The van der Waals surface area contributed by atoms with Crippen LogP contribution in [0.25, 0.3) is 0 Å². The monoisotopic (exact) mass is 278 g/mol. The summed E-state index contributed by atoms with van der Waals surface area (Å²) in [5, 5.41) is 3.71. The first-order valence-electron chi connectivity index (χ1n) is 8.97. The van der Waals surface area contributed by atoms with Gasteiger partial charge >= 0.3 is 0 Å². The highest BCUT2D eigenvalue weighted by Crippen LogP contribution is 2.42. The molecule has 4 rings (SSSR count). The summed E-state index contributed by atoms with van der Waals surface area (Å²) in [7, 11) is 0. The van der Waals surface area contributed by atoms with Crippen LogP contribution in [0.1, 0.15) is 57.8 Å².